The van der Waals surface area contributed by atoms with Crippen molar-refractivity contribution >= 4 is 39.2 Å². The molecule has 1 amide bonds. The van der Waals surface area contributed by atoms with Gasteiger partial charge in [-0.3, -0.25) is 4.79 Å². The van der Waals surface area contributed by atoms with Gasteiger partial charge in [-0.25, -0.2) is 0 Å². The number of carbonyl (C=O) groups is 1. The van der Waals surface area contributed by atoms with E-state index in [1.165, 1.54) is 4.88 Å². The van der Waals surface area contributed by atoms with Crippen molar-refractivity contribution in [1.82, 2.24) is 5.32 Å². The van der Waals surface area contributed by atoms with Crippen LogP contribution < -0.4 is 5.32 Å². The van der Waals surface area contributed by atoms with Crippen molar-refractivity contribution in [1.29, 1.82) is 0 Å². The van der Waals surface area contributed by atoms with Crippen molar-refractivity contribution in [2.45, 2.75) is 19.9 Å². The molecule has 1 aromatic carbocycles. The van der Waals surface area contributed by atoms with Crippen LogP contribution >= 0.6 is 27.3 Å². The molecule has 0 aliphatic rings. The van der Waals surface area contributed by atoms with Crippen molar-refractivity contribution in [2.24, 2.45) is 0 Å². The summed E-state index contributed by atoms with van der Waals surface area (Å²) in [6.45, 7) is 4.03. The van der Waals surface area contributed by atoms with E-state index < -0.39 is 0 Å². The summed E-state index contributed by atoms with van der Waals surface area (Å²) in [5.74, 6) is -0.0840. The monoisotopic (exact) mass is 349 g/mol. The number of thiophene rings is 1. The van der Waals surface area contributed by atoms with E-state index in [0.29, 0.717) is 0 Å². The van der Waals surface area contributed by atoms with Gasteiger partial charge in [0.25, 0.3) is 0 Å². The highest BCUT2D eigenvalue weighted by atomic mass is 79.9. The van der Waals surface area contributed by atoms with Gasteiger partial charge in [0, 0.05) is 20.3 Å². The van der Waals surface area contributed by atoms with Gasteiger partial charge < -0.3 is 5.32 Å². The van der Waals surface area contributed by atoms with E-state index >= 15 is 0 Å². The summed E-state index contributed by atoms with van der Waals surface area (Å²) in [4.78, 5) is 14.2. The molecule has 1 atom stereocenters. The fourth-order valence-electron chi connectivity index (χ4n) is 1.87. The van der Waals surface area contributed by atoms with E-state index in [9.17, 15) is 4.79 Å². The maximum atomic E-state index is 11.9. The van der Waals surface area contributed by atoms with Crippen molar-refractivity contribution in [3.63, 3.8) is 0 Å². The Morgan fingerprint density at radius 2 is 2.05 bits per heavy atom. The second-order valence-corrected chi connectivity index (χ2v) is 6.71. The van der Waals surface area contributed by atoms with Gasteiger partial charge in [-0.05, 0) is 43.7 Å². The highest BCUT2D eigenvalue weighted by Crippen LogP contribution is 2.22. The number of amides is 1. The minimum absolute atomic E-state index is 0.0344. The highest BCUT2D eigenvalue weighted by molar-refractivity contribution is 9.10. The number of hydrogen-bond acceptors (Lipinski definition) is 2. The van der Waals surface area contributed by atoms with Gasteiger partial charge in [-0.15, -0.1) is 11.3 Å². The average Bonchev–Trinajstić information content (AvgIpc) is 2.82. The topological polar surface area (TPSA) is 29.1 Å². The Morgan fingerprint density at radius 1 is 1.30 bits per heavy atom. The van der Waals surface area contributed by atoms with E-state index in [2.05, 4.69) is 28.2 Å². The standard InChI is InChI=1S/C16H16BrNOS/c1-11-7-8-13(20-11)9-10-16(19)18-12(2)14-5-3-4-6-15(14)17/h3-10,12H,1-2H3,(H,18,19)/b10-9+/t12-/m0/s1. The van der Waals surface area contributed by atoms with Crippen molar-refractivity contribution in [3.8, 4) is 0 Å². The highest BCUT2D eigenvalue weighted by Gasteiger charge is 2.10. The van der Waals surface area contributed by atoms with Gasteiger partial charge in [-0.1, -0.05) is 34.1 Å². The minimum Gasteiger partial charge on any atom is -0.346 e. The SMILES string of the molecule is Cc1ccc(/C=C/C(=O)N[C@@H](C)c2ccccc2Br)s1. The summed E-state index contributed by atoms with van der Waals surface area (Å²) >= 11 is 5.17. The first-order valence-corrected chi connectivity index (χ1v) is 7.96. The average molecular weight is 350 g/mol. The third-order valence-corrected chi connectivity index (χ3v) is 4.58. The molecule has 104 valence electrons. The van der Waals surface area contributed by atoms with Gasteiger partial charge in [0.1, 0.15) is 0 Å². The van der Waals surface area contributed by atoms with Crippen LogP contribution in [0.2, 0.25) is 0 Å². The molecule has 2 nitrogen and oxygen atoms in total. The number of hydrogen-bond donors (Lipinski definition) is 1. The van der Waals surface area contributed by atoms with E-state index in [-0.39, 0.29) is 11.9 Å². The molecule has 0 saturated carbocycles. The molecule has 0 unspecified atom stereocenters. The number of aryl methyl sites for hydroxylation is 1. The van der Waals surface area contributed by atoms with Crippen LogP contribution in [0.4, 0.5) is 0 Å². The molecule has 0 bridgehead atoms. The lowest BCUT2D eigenvalue weighted by Crippen LogP contribution is -2.24. The number of rotatable bonds is 4. The summed E-state index contributed by atoms with van der Waals surface area (Å²) < 4.78 is 1.01. The Morgan fingerprint density at radius 3 is 2.70 bits per heavy atom. The molecule has 2 rings (SSSR count). The van der Waals surface area contributed by atoms with Crippen LogP contribution in [0.15, 0.2) is 46.9 Å². The van der Waals surface area contributed by atoms with Gasteiger partial charge in [0.05, 0.1) is 6.04 Å². The normalized spacial score (nSPS) is 12.6. The van der Waals surface area contributed by atoms with Crippen LogP contribution in [0.1, 0.15) is 28.3 Å². The van der Waals surface area contributed by atoms with Crippen LogP contribution in [-0.4, -0.2) is 5.91 Å². The maximum absolute atomic E-state index is 11.9. The zero-order chi connectivity index (χ0) is 14.5. The molecule has 0 saturated heterocycles. The van der Waals surface area contributed by atoms with Gasteiger partial charge in [0.2, 0.25) is 5.91 Å². The summed E-state index contributed by atoms with van der Waals surface area (Å²) in [6, 6.07) is 11.9. The largest absolute Gasteiger partial charge is 0.346 e. The Hall–Kier alpha value is -1.39. The van der Waals surface area contributed by atoms with E-state index in [1.54, 1.807) is 17.4 Å². The second kappa shape index (κ2) is 6.86. The van der Waals surface area contributed by atoms with Gasteiger partial charge in [-0.2, -0.15) is 0 Å². The molecule has 0 aliphatic heterocycles. The first-order chi connectivity index (χ1) is 9.56. The zero-order valence-electron chi connectivity index (χ0n) is 11.4. The number of carbonyl (C=O) groups excluding carboxylic acids is 1. The zero-order valence-corrected chi connectivity index (χ0v) is 13.8. The first-order valence-electron chi connectivity index (χ1n) is 6.35. The molecular formula is C16H16BrNOS. The molecule has 0 aliphatic carbocycles. The summed E-state index contributed by atoms with van der Waals surface area (Å²) in [5, 5.41) is 2.96. The molecule has 2 aromatic rings. The minimum atomic E-state index is -0.0840. The van der Waals surface area contributed by atoms with Gasteiger partial charge in [0.15, 0.2) is 0 Å². The van der Waals surface area contributed by atoms with Crippen LogP contribution in [-0.2, 0) is 4.79 Å². The summed E-state index contributed by atoms with van der Waals surface area (Å²) in [7, 11) is 0. The molecule has 1 heterocycles. The molecule has 0 radical (unpaired) electrons. The maximum Gasteiger partial charge on any atom is 0.244 e. The van der Waals surface area contributed by atoms with Crippen LogP contribution in [0, 0.1) is 6.92 Å². The third-order valence-electron chi connectivity index (χ3n) is 2.89. The first kappa shape index (κ1) is 15.0. The fraction of sp³-hybridized carbons (Fsp3) is 0.188. The van der Waals surface area contributed by atoms with E-state index in [4.69, 9.17) is 0 Å². The number of halogens is 1. The molecule has 1 N–H and O–H groups in total. The van der Waals surface area contributed by atoms with Crippen LogP contribution in [0.25, 0.3) is 6.08 Å². The Balaban J connectivity index is 1.98. The molecular weight excluding hydrogens is 334 g/mol. The fourth-order valence-corrected chi connectivity index (χ4v) is 3.27. The predicted octanol–water partition coefficient (Wildman–Crippen LogP) is 4.71. The Bertz CT molecular complexity index is 633. The van der Waals surface area contributed by atoms with Crippen molar-refractivity contribution < 1.29 is 4.79 Å². The van der Waals surface area contributed by atoms with Crippen molar-refractivity contribution in [3.05, 3.63) is 62.3 Å². The lowest BCUT2D eigenvalue weighted by molar-refractivity contribution is -0.117. The smallest absolute Gasteiger partial charge is 0.244 e. The third kappa shape index (κ3) is 4.05. The Kier molecular flexibility index (Phi) is 5.15. The molecule has 0 spiro atoms. The second-order valence-electron chi connectivity index (χ2n) is 4.53. The quantitative estimate of drug-likeness (QED) is 0.795. The lowest BCUT2D eigenvalue weighted by atomic mass is 10.1. The van der Waals surface area contributed by atoms with Crippen LogP contribution in [0.5, 0.6) is 0 Å². The number of nitrogens with one attached hydrogen (secondary N) is 1. The Labute approximate surface area is 131 Å². The number of benzene rings is 1. The molecule has 4 heteroatoms. The lowest BCUT2D eigenvalue weighted by Gasteiger charge is -2.14. The predicted molar refractivity (Wildman–Crippen MR) is 88.8 cm³/mol. The summed E-state index contributed by atoms with van der Waals surface area (Å²) in [6.07, 6.45) is 3.43. The van der Waals surface area contributed by atoms with Gasteiger partial charge >= 0.3 is 0 Å². The van der Waals surface area contributed by atoms with Crippen molar-refractivity contribution in [2.75, 3.05) is 0 Å². The molecule has 1 aromatic heterocycles. The molecule has 20 heavy (non-hydrogen) atoms. The summed E-state index contributed by atoms with van der Waals surface area (Å²) in [5.41, 5.74) is 1.07. The molecule has 0 fully saturated rings. The van der Waals surface area contributed by atoms with Crippen LogP contribution in [0.3, 0.4) is 0 Å². The van der Waals surface area contributed by atoms with E-state index in [0.717, 1.165) is 14.9 Å². The van der Waals surface area contributed by atoms with E-state index in [1.807, 2.05) is 49.4 Å².